The Morgan fingerprint density at radius 2 is 1.85 bits per heavy atom. The number of carbonyl (C=O) groups is 1. The number of carbonyl (C=O) groups excluding carboxylic acids is 1. The maximum Gasteiger partial charge on any atom is 0.258 e. The number of benzene rings is 1. The lowest BCUT2D eigenvalue weighted by Crippen LogP contribution is -2.31. The molecule has 1 fully saturated rings. The lowest BCUT2D eigenvalue weighted by Gasteiger charge is -2.26. The third-order valence-corrected chi connectivity index (χ3v) is 5.12. The third-order valence-electron chi connectivity index (χ3n) is 5.12. The molecule has 134 valence electrons. The number of rotatable bonds is 2. The maximum atomic E-state index is 13.4. The molecule has 0 bridgehead atoms. The van der Waals surface area contributed by atoms with E-state index < -0.39 is 0 Å². The van der Waals surface area contributed by atoms with Crippen LogP contribution < -0.4 is 0 Å². The summed E-state index contributed by atoms with van der Waals surface area (Å²) in [4.78, 5) is 19.8. The van der Waals surface area contributed by atoms with Crippen LogP contribution in [0.4, 0.5) is 0 Å². The van der Waals surface area contributed by atoms with Gasteiger partial charge >= 0.3 is 0 Å². The van der Waals surface area contributed by atoms with Crippen molar-refractivity contribution in [3.63, 3.8) is 0 Å². The van der Waals surface area contributed by atoms with Gasteiger partial charge in [0, 0.05) is 12.2 Å². The van der Waals surface area contributed by atoms with Crippen molar-refractivity contribution in [2.24, 2.45) is 0 Å². The number of amides is 1. The molecule has 5 nitrogen and oxygen atoms in total. The second-order valence-electron chi connectivity index (χ2n) is 7.34. The Morgan fingerprint density at radius 3 is 2.58 bits per heavy atom. The molecule has 0 radical (unpaired) electrons. The predicted octanol–water partition coefficient (Wildman–Crippen LogP) is 4.43. The van der Waals surface area contributed by atoms with Crippen LogP contribution in [0.15, 0.2) is 28.8 Å². The molecular weight excluding hydrogens is 326 g/mol. The molecule has 1 amide bonds. The van der Waals surface area contributed by atoms with Crippen LogP contribution in [0, 0.1) is 27.7 Å². The van der Waals surface area contributed by atoms with Crippen molar-refractivity contribution < 1.29 is 9.32 Å². The fourth-order valence-corrected chi connectivity index (χ4v) is 4.10. The molecule has 1 aliphatic rings. The summed E-state index contributed by atoms with van der Waals surface area (Å²) < 4.78 is 5.29. The van der Waals surface area contributed by atoms with E-state index in [2.05, 4.69) is 42.2 Å². The van der Waals surface area contributed by atoms with Gasteiger partial charge in [-0.05, 0) is 52.2 Å². The van der Waals surface area contributed by atoms with E-state index in [0.29, 0.717) is 17.0 Å². The minimum absolute atomic E-state index is 0.0356. The summed E-state index contributed by atoms with van der Waals surface area (Å²) in [7, 11) is 0. The third kappa shape index (κ3) is 2.77. The minimum atomic E-state index is 0.0356. The van der Waals surface area contributed by atoms with Crippen molar-refractivity contribution in [2.75, 3.05) is 6.54 Å². The fourth-order valence-electron chi connectivity index (χ4n) is 4.10. The van der Waals surface area contributed by atoms with Gasteiger partial charge in [0.15, 0.2) is 0 Å². The molecule has 3 heterocycles. The molecule has 0 N–H and O–H groups in total. The molecule has 1 aromatic carbocycles. The number of aromatic nitrogens is 2. The van der Waals surface area contributed by atoms with E-state index in [-0.39, 0.29) is 11.9 Å². The van der Waals surface area contributed by atoms with Crippen molar-refractivity contribution in [3.05, 3.63) is 57.9 Å². The first kappa shape index (κ1) is 16.8. The molecule has 3 aromatic rings. The quantitative estimate of drug-likeness (QED) is 0.686. The summed E-state index contributed by atoms with van der Waals surface area (Å²) >= 11 is 0. The van der Waals surface area contributed by atoms with Crippen LogP contribution in [0.25, 0.3) is 11.1 Å². The second kappa shape index (κ2) is 6.24. The number of nitrogens with zero attached hydrogens (tertiary/aromatic N) is 3. The molecular formula is C21H23N3O2. The first-order chi connectivity index (χ1) is 12.4. The zero-order chi connectivity index (χ0) is 18.4. The molecule has 5 heteroatoms. The van der Waals surface area contributed by atoms with Crippen LogP contribution in [0.3, 0.4) is 0 Å². The second-order valence-corrected chi connectivity index (χ2v) is 7.34. The standard InChI is InChI=1S/C21H23N3O2/c1-12-8-13(2)10-16(9-12)18-6-5-7-24(18)21(25)17-11-14(3)22-20-19(17)15(4)23-26-20/h8-11,18H,5-7H2,1-4H3. The Balaban J connectivity index is 1.77. The Kier molecular flexibility index (Phi) is 4.02. The molecule has 1 saturated heterocycles. The largest absolute Gasteiger partial charge is 0.336 e. The minimum Gasteiger partial charge on any atom is -0.336 e. The number of aryl methyl sites for hydroxylation is 4. The first-order valence-electron chi connectivity index (χ1n) is 9.07. The van der Waals surface area contributed by atoms with Crippen molar-refractivity contribution in [2.45, 2.75) is 46.6 Å². The summed E-state index contributed by atoms with van der Waals surface area (Å²) in [6.45, 7) is 8.70. The van der Waals surface area contributed by atoms with Gasteiger partial charge in [0.25, 0.3) is 11.6 Å². The molecule has 1 atom stereocenters. The highest BCUT2D eigenvalue weighted by molar-refractivity contribution is 6.06. The van der Waals surface area contributed by atoms with Crippen LogP contribution in [0.2, 0.25) is 0 Å². The Hall–Kier alpha value is -2.69. The van der Waals surface area contributed by atoms with Crippen LogP contribution in [0.1, 0.15) is 57.3 Å². The molecule has 0 aliphatic carbocycles. The zero-order valence-corrected chi connectivity index (χ0v) is 15.7. The predicted molar refractivity (Wildman–Crippen MR) is 100 cm³/mol. The van der Waals surface area contributed by atoms with Crippen LogP contribution in [-0.2, 0) is 0 Å². The smallest absolute Gasteiger partial charge is 0.258 e. The van der Waals surface area contributed by atoms with Crippen molar-refractivity contribution >= 4 is 17.0 Å². The number of fused-ring (bicyclic) bond motifs is 1. The fraction of sp³-hybridized carbons (Fsp3) is 0.381. The summed E-state index contributed by atoms with van der Waals surface area (Å²) in [6.07, 6.45) is 2.00. The highest BCUT2D eigenvalue weighted by Crippen LogP contribution is 2.35. The molecule has 0 spiro atoms. The van der Waals surface area contributed by atoms with E-state index in [1.54, 1.807) is 0 Å². The normalized spacial score (nSPS) is 17.2. The SMILES string of the molecule is Cc1cc(C)cc(C2CCCN2C(=O)c2cc(C)nc3onc(C)c23)c1. The molecule has 4 rings (SSSR count). The van der Waals surface area contributed by atoms with E-state index >= 15 is 0 Å². The van der Waals surface area contributed by atoms with E-state index in [0.717, 1.165) is 30.5 Å². The molecule has 0 saturated carbocycles. The molecule has 1 aliphatic heterocycles. The van der Waals surface area contributed by atoms with Gasteiger partial charge in [0.2, 0.25) is 0 Å². The first-order valence-corrected chi connectivity index (χ1v) is 9.07. The van der Waals surface area contributed by atoms with E-state index in [1.807, 2.05) is 24.8 Å². The Labute approximate surface area is 153 Å². The monoisotopic (exact) mass is 349 g/mol. The highest BCUT2D eigenvalue weighted by atomic mass is 16.5. The number of likely N-dealkylation sites (tertiary alicyclic amines) is 1. The topological polar surface area (TPSA) is 59.2 Å². The van der Waals surface area contributed by atoms with Gasteiger partial charge in [-0.15, -0.1) is 0 Å². The zero-order valence-electron chi connectivity index (χ0n) is 15.7. The highest BCUT2D eigenvalue weighted by Gasteiger charge is 2.32. The van der Waals surface area contributed by atoms with Gasteiger partial charge in [-0.25, -0.2) is 4.98 Å². The van der Waals surface area contributed by atoms with Gasteiger partial charge in [-0.1, -0.05) is 34.5 Å². The van der Waals surface area contributed by atoms with E-state index in [1.165, 1.54) is 16.7 Å². The molecule has 1 unspecified atom stereocenters. The lowest BCUT2D eigenvalue weighted by atomic mass is 9.99. The van der Waals surface area contributed by atoms with Crippen LogP contribution in [-0.4, -0.2) is 27.5 Å². The number of hydrogen-bond acceptors (Lipinski definition) is 4. The molecule has 26 heavy (non-hydrogen) atoms. The van der Waals surface area contributed by atoms with Crippen molar-refractivity contribution in [1.82, 2.24) is 15.0 Å². The Morgan fingerprint density at radius 1 is 1.12 bits per heavy atom. The molecule has 2 aromatic heterocycles. The van der Waals surface area contributed by atoms with Gasteiger partial charge in [-0.3, -0.25) is 4.79 Å². The van der Waals surface area contributed by atoms with Crippen molar-refractivity contribution in [1.29, 1.82) is 0 Å². The summed E-state index contributed by atoms with van der Waals surface area (Å²) in [6, 6.07) is 8.53. The van der Waals surface area contributed by atoms with Crippen molar-refractivity contribution in [3.8, 4) is 0 Å². The number of pyridine rings is 1. The van der Waals surface area contributed by atoms with Gasteiger partial charge in [0.1, 0.15) is 0 Å². The Bertz CT molecular complexity index is 986. The average Bonchev–Trinajstić information content (AvgIpc) is 3.20. The lowest BCUT2D eigenvalue weighted by molar-refractivity contribution is 0.0737. The van der Waals surface area contributed by atoms with Gasteiger partial charge in [0.05, 0.1) is 22.7 Å². The summed E-state index contributed by atoms with van der Waals surface area (Å²) in [5.74, 6) is 0.0356. The van der Waals surface area contributed by atoms with Crippen LogP contribution >= 0.6 is 0 Å². The van der Waals surface area contributed by atoms with Crippen LogP contribution in [0.5, 0.6) is 0 Å². The number of hydrogen-bond donors (Lipinski definition) is 0. The van der Waals surface area contributed by atoms with Gasteiger partial charge in [-0.2, -0.15) is 0 Å². The van der Waals surface area contributed by atoms with E-state index in [4.69, 9.17) is 4.52 Å². The maximum absolute atomic E-state index is 13.4. The average molecular weight is 349 g/mol. The van der Waals surface area contributed by atoms with E-state index in [9.17, 15) is 4.79 Å². The summed E-state index contributed by atoms with van der Waals surface area (Å²) in [5.41, 5.74) is 6.23. The summed E-state index contributed by atoms with van der Waals surface area (Å²) in [5, 5.41) is 4.73. The van der Waals surface area contributed by atoms with Gasteiger partial charge < -0.3 is 9.42 Å².